The smallest absolute Gasteiger partial charge is 0.282 e. The third-order valence-corrected chi connectivity index (χ3v) is 5.01. The van der Waals surface area contributed by atoms with E-state index in [4.69, 9.17) is 9.47 Å². The molecule has 0 aliphatic heterocycles. The first kappa shape index (κ1) is 20.5. The summed E-state index contributed by atoms with van der Waals surface area (Å²) in [5.41, 5.74) is 1.12. The fourth-order valence-electron chi connectivity index (χ4n) is 2.80. The van der Waals surface area contributed by atoms with E-state index in [1.807, 2.05) is 38.1 Å². The molecule has 3 rings (SSSR count). The third kappa shape index (κ3) is 4.12. The molecule has 0 atom stereocenters. The van der Waals surface area contributed by atoms with Crippen molar-refractivity contribution in [3.63, 3.8) is 0 Å². The molecule has 6 nitrogen and oxygen atoms in total. The van der Waals surface area contributed by atoms with Gasteiger partial charge >= 0.3 is 0 Å². The molecule has 0 N–H and O–H groups in total. The van der Waals surface area contributed by atoms with E-state index >= 15 is 0 Å². The zero-order valence-electron chi connectivity index (χ0n) is 15.7. The number of rotatable bonds is 6. The molecule has 0 spiro atoms. The van der Waals surface area contributed by atoms with Gasteiger partial charge in [0.05, 0.1) is 30.8 Å². The second-order valence-corrected chi connectivity index (χ2v) is 7.70. The maximum atomic E-state index is 13.0. The molecule has 0 fully saturated rings. The molecule has 0 saturated heterocycles. The lowest BCUT2D eigenvalue weighted by Crippen LogP contribution is -2.22. The maximum absolute atomic E-state index is 13.0. The highest BCUT2D eigenvalue weighted by Crippen LogP contribution is 2.34. The number of aryl methyl sites for hydroxylation is 1. The van der Waals surface area contributed by atoms with Gasteiger partial charge in [0, 0.05) is 20.9 Å². The van der Waals surface area contributed by atoms with Gasteiger partial charge in [-0.25, -0.2) is 4.98 Å². The molecule has 3 aromatic rings. The second-order valence-electron chi connectivity index (χ2n) is 5.86. The predicted octanol–water partition coefficient (Wildman–Crippen LogP) is 4.77. The Balaban J connectivity index is 2.17. The molecule has 0 aliphatic carbocycles. The van der Waals surface area contributed by atoms with Crippen molar-refractivity contribution in [3.8, 4) is 11.5 Å². The van der Waals surface area contributed by atoms with E-state index in [-0.39, 0.29) is 5.56 Å². The summed E-state index contributed by atoms with van der Waals surface area (Å²) in [6.07, 6.45) is 2.16. The van der Waals surface area contributed by atoms with Crippen molar-refractivity contribution in [2.75, 3.05) is 13.7 Å². The first-order valence-electron chi connectivity index (χ1n) is 8.74. The van der Waals surface area contributed by atoms with Crippen molar-refractivity contribution in [1.82, 2.24) is 9.66 Å². The molecule has 0 unspecified atom stereocenters. The fourth-order valence-corrected chi connectivity index (χ4v) is 3.61. The number of hydrogen-bond acceptors (Lipinski definition) is 5. The Labute approximate surface area is 179 Å². The van der Waals surface area contributed by atoms with Crippen LogP contribution < -0.4 is 15.0 Å². The summed E-state index contributed by atoms with van der Waals surface area (Å²) in [4.78, 5) is 17.6. The van der Waals surface area contributed by atoms with Gasteiger partial charge in [-0.2, -0.15) is 9.78 Å². The summed E-state index contributed by atoms with van der Waals surface area (Å²) in [6, 6.07) is 9.12. The first-order valence-corrected chi connectivity index (χ1v) is 10.3. The van der Waals surface area contributed by atoms with Crippen LogP contribution in [0.25, 0.3) is 10.9 Å². The second kappa shape index (κ2) is 8.87. The van der Waals surface area contributed by atoms with Crippen molar-refractivity contribution in [1.29, 1.82) is 0 Å². The summed E-state index contributed by atoms with van der Waals surface area (Å²) in [5, 5.41) is 4.93. The lowest BCUT2D eigenvalue weighted by molar-refractivity contribution is 0.310. The van der Waals surface area contributed by atoms with Crippen LogP contribution in [-0.2, 0) is 6.42 Å². The molecule has 0 bridgehead atoms. The van der Waals surface area contributed by atoms with Crippen LogP contribution in [0.5, 0.6) is 11.5 Å². The Kier molecular flexibility index (Phi) is 6.51. The van der Waals surface area contributed by atoms with Gasteiger partial charge in [-0.3, -0.25) is 4.79 Å². The van der Waals surface area contributed by atoms with Gasteiger partial charge in [-0.15, -0.1) is 0 Å². The van der Waals surface area contributed by atoms with Crippen LogP contribution >= 0.6 is 31.9 Å². The minimum absolute atomic E-state index is 0.223. The average Bonchev–Trinajstić information content (AvgIpc) is 2.69. The molecule has 2 aromatic carbocycles. The van der Waals surface area contributed by atoms with E-state index < -0.39 is 0 Å². The topological polar surface area (TPSA) is 65.7 Å². The van der Waals surface area contributed by atoms with E-state index in [9.17, 15) is 4.79 Å². The van der Waals surface area contributed by atoms with Crippen molar-refractivity contribution in [2.45, 2.75) is 20.3 Å². The molecule has 1 heterocycles. The summed E-state index contributed by atoms with van der Waals surface area (Å²) in [5.74, 6) is 1.73. The predicted molar refractivity (Wildman–Crippen MR) is 118 cm³/mol. The Morgan fingerprint density at radius 1 is 1.18 bits per heavy atom. The molecule has 0 aliphatic rings. The minimum atomic E-state index is -0.223. The summed E-state index contributed by atoms with van der Waals surface area (Å²) in [6.45, 7) is 4.31. The number of ether oxygens (including phenoxy) is 2. The highest BCUT2D eigenvalue weighted by molar-refractivity contribution is 9.10. The van der Waals surface area contributed by atoms with Crippen molar-refractivity contribution < 1.29 is 9.47 Å². The molecule has 1 aromatic heterocycles. The van der Waals surface area contributed by atoms with Crippen molar-refractivity contribution in [3.05, 3.63) is 61.0 Å². The lowest BCUT2D eigenvalue weighted by Gasteiger charge is -2.13. The molecule has 0 radical (unpaired) electrons. The Morgan fingerprint density at radius 3 is 2.64 bits per heavy atom. The molecule has 8 heteroatoms. The number of benzene rings is 2. The van der Waals surface area contributed by atoms with Crippen molar-refractivity contribution in [2.24, 2.45) is 5.10 Å². The highest BCUT2D eigenvalue weighted by Gasteiger charge is 2.13. The number of aromatic nitrogens is 2. The number of fused-ring (bicyclic) bond motifs is 1. The molecular formula is C20H19Br2N3O3. The van der Waals surface area contributed by atoms with Gasteiger partial charge in [-0.05, 0) is 37.3 Å². The Morgan fingerprint density at radius 2 is 1.96 bits per heavy atom. The number of halogens is 2. The largest absolute Gasteiger partial charge is 0.493 e. The van der Waals surface area contributed by atoms with Gasteiger partial charge in [0.1, 0.15) is 5.82 Å². The van der Waals surface area contributed by atoms with Crippen LogP contribution in [0, 0.1) is 0 Å². The lowest BCUT2D eigenvalue weighted by atomic mass is 10.2. The van der Waals surface area contributed by atoms with Crippen LogP contribution in [0.2, 0.25) is 0 Å². The third-order valence-electron chi connectivity index (χ3n) is 4.06. The van der Waals surface area contributed by atoms with Gasteiger partial charge < -0.3 is 9.47 Å². The Bertz CT molecular complexity index is 1110. The number of nitrogens with zero attached hydrogens (tertiary/aromatic N) is 3. The van der Waals surface area contributed by atoms with Crippen molar-refractivity contribution >= 4 is 49.0 Å². The molecule has 0 amide bonds. The standard InChI is InChI=1S/C20H19Br2N3O3/c1-4-18-24-16-7-6-13(21)9-15(16)20(26)25(18)23-11-12-8-14(22)10-17(27-3)19(12)28-5-2/h6-11H,4-5H2,1-3H3. The summed E-state index contributed by atoms with van der Waals surface area (Å²) < 4.78 is 14.1. The van der Waals surface area contributed by atoms with Crippen LogP contribution in [-0.4, -0.2) is 29.6 Å². The quantitative estimate of drug-likeness (QED) is 0.450. The minimum Gasteiger partial charge on any atom is -0.493 e. The molecule has 146 valence electrons. The van der Waals surface area contributed by atoms with Crippen LogP contribution in [0.15, 0.2) is 49.2 Å². The van der Waals surface area contributed by atoms with Gasteiger partial charge in [-0.1, -0.05) is 38.8 Å². The average molecular weight is 509 g/mol. The monoisotopic (exact) mass is 507 g/mol. The summed E-state index contributed by atoms with van der Waals surface area (Å²) in [7, 11) is 1.58. The van der Waals surface area contributed by atoms with Crippen LogP contribution in [0.3, 0.4) is 0 Å². The van der Waals surface area contributed by atoms with E-state index in [1.54, 1.807) is 19.4 Å². The van der Waals surface area contributed by atoms with E-state index in [1.165, 1.54) is 4.68 Å². The molecule has 0 saturated carbocycles. The van der Waals surface area contributed by atoms with E-state index in [2.05, 4.69) is 41.9 Å². The zero-order chi connectivity index (χ0) is 20.3. The van der Waals surface area contributed by atoms with Gasteiger partial charge in [0.15, 0.2) is 11.5 Å². The summed E-state index contributed by atoms with van der Waals surface area (Å²) >= 11 is 6.87. The normalized spacial score (nSPS) is 11.3. The maximum Gasteiger partial charge on any atom is 0.282 e. The Hall–Kier alpha value is -2.19. The zero-order valence-corrected chi connectivity index (χ0v) is 18.9. The fraction of sp³-hybridized carbons (Fsp3) is 0.250. The number of methoxy groups -OCH3 is 1. The van der Waals surface area contributed by atoms with Gasteiger partial charge in [0.25, 0.3) is 5.56 Å². The van der Waals surface area contributed by atoms with E-state index in [0.29, 0.717) is 46.8 Å². The molecule has 28 heavy (non-hydrogen) atoms. The molecular weight excluding hydrogens is 490 g/mol. The van der Waals surface area contributed by atoms with Crippen LogP contribution in [0.1, 0.15) is 25.2 Å². The first-order chi connectivity index (χ1) is 13.5. The van der Waals surface area contributed by atoms with Gasteiger partial charge in [0.2, 0.25) is 0 Å². The SMILES string of the molecule is CCOc1c(C=Nn2c(CC)nc3ccc(Br)cc3c2=O)cc(Br)cc1OC. The number of hydrogen-bond donors (Lipinski definition) is 0. The highest BCUT2D eigenvalue weighted by atomic mass is 79.9. The van der Waals surface area contributed by atoms with E-state index in [0.717, 1.165) is 8.95 Å². The van der Waals surface area contributed by atoms with Crippen LogP contribution in [0.4, 0.5) is 0 Å².